The van der Waals surface area contributed by atoms with Crippen molar-refractivity contribution < 1.29 is 0 Å². The Labute approximate surface area is 104 Å². The maximum Gasteiger partial charge on any atom is 0.0596 e. The summed E-state index contributed by atoms with van der Waals surface area (Å²) in [5.74, 6) is 0. The first kappa shape index (κ1) is 12.4. The highest BCUT2D eigenvalue weighted by atomic mass is 15.3. The third-order valence-electron chi connectivity index (χ3n) is 3.55. The summed E-state index contributed by atoms with van der Waals surface area (Å²) in [5.41, 5.74) is 2.48. The molecule has 1 saturated carbocycles. The second-order valence-corrected chi connectivity index (χ2v) is 5.59. The molecule has 1 fully saturated rings. The van der Waals surface area contributed by atoms with E-state index in [0.29, 0.717) is 0 Å². The van der Waals surface area contributed by atoms with Crippen molar-refractivity contribution in [3.8, 4) is 0 Å². The Bertz CT molecular complexity index is 404. The number of nitrogens with one attached hydrogen (secondary N) is 1. The first-order valence-electron chi connectivity index (χ1n) is 6.39. The van der Waals surface area contributed by atoms with Gasteiger partial charge in [-0.05, 0) is 32.3 Å². The molecule has 3 heteroatoms. The average Bonchev–Trinajstić information content (AvgIpc) is 3.04. The molecule has 1 N–H and O–H groups in total. The Morgan fingerprint density at radius 2 is 2.35 bits per heavy atom. The summed E-state index contributed by atoms with van der Waals surface area (Å²) in [6.45, 7) is 9.30. The highest BCUT2D eigenvalue weighted by Crippen LogP contribution is 2.26. The van der Waals surface area contributed by atoms with Crippen molar-refractivity contribution >= 4 is 0 Å². The van der Waals surface area contributed by atoms with Gasteiger partial charge in [0.25, 0.3) is 0 Å². The minimum absolute atomic E-state index is 0.114. The van der Waals surface area contributed by atoms with Gasteiger partial charge in [-0.3, -0.25) is 4.68 Å². The molecule has 0 spiro atoms. The van der Waals surface area contributed by atoms with Crippen LogP contribution in [0.5, 0.6) is 0 Å². The van der Waals surface area contributed by atoms with Gasteiger partial charge >= 0.3 is 0 Å². The average molecular weight is 233 g/mol. The predicted molar refractivity (Wildman–Crippen MR) is 71.0 cm³/mol. The molecule has 94 valence electrons. The monoisotopic (exact) mass is 233 g/mol. The number of aryl methyl sites for hydroxylation is 2. The fourth-order valence-electron chi connectivity index (χ4n) is 2.12. The molecule has 0 saturated heterocycles. The molecule has 1 aliphatic carbocycles. The van der Waals surface area contributed by atoms with E-state index < -0.39 is 0 Å². The number of aromatic nitrogens is 2. The van der Waals surface area contributed by atoms with E-state index in [1.165, 1.54) is 18.5 Å². The van der Waals surface area contributed by atoms with Crippen LogP contribution in [-0.4, -0.2) is 22.4 Å². The van der Waals surface area contributed by atoms with Crippen LogP contribution in [0, 0.1) is 12.3 Å². The summed E-state index contributed by atoms with van der Waals surface area (Å²) in [7, 11) is 2.01. The summed E-state index contributed by atoms with van der Waals surface area (Å²) in [6.07, 6.45) is 5.73. The number of rotatable bonds is 6. The molecule has 1 aromatic heterocycles. The summed E-state index contributed by atoms with van der Waals surface area (Å²) in [6, 6.07) is 2.92. The third-order valence-corrected chi connectivity index (χ3v) is 3.55. The molecule has 0 bridgehead atoms. The lowest BCUT2D eigenvalue weighted by molar-refractivity contribution is 0.379. The summed E-state index contributed by atoms with van der Waals surface area (Å²) in [4.78, 5) is 0. The molecule has 1 aliphatic rings. The molecule has 2 rings (SSSR count). The van der Waals surface area contributed by atoms with E-state index in [4.69, 9.17) is 0 Å². The van der Waals surface area contributed by atoms with Crippen molar-refractivity contribution in [2.24, 2.45) is 12.5 Å². The van der Waals surface area contributed by atoms with Gasteiger partial charge in [-0.1, -0.05) is 13.0 Å². The number of hydrogen-bond donors (Lipinski definition) is 1. The second-order valence-electron chi connectivity index (χ2n) is 5.59. The van der Waals surface area contributed by atoms with Crippen LogP contribution in [0.1, 0.15) is 31.2 Å². The van der Waals surface area contributed by atoms with Crippen molar-refractivity contribution in [2.75, 3.05) is 6.54 Å². The molecular formula is C14H23N3. The van der Waals surface area contributed by atoms with Crippen LogP contribution in [0.4, 0.5) is 0 Å². The van der Waals surface area contributed by atoms with E-state index in [1.807, 2.05) is 18.7 Å². The van der Waals surface area contributed by atoms with Crippen LogP contribution >= 0.6 is 0 Å². The minimum Gasteiger partial charge on any atom is -0.313 e. The lowest BCUT2D eigenvalue weighted by Gasteiger charge is -2.26. The normalized spacial score (nSPS) is 19.0. The molecule has 0 aromatic carbocycles. The third kappa shape index (κ3) is 3.19. The molecule has 1 unspecified atom stereocenters. The van der Waals surface area contributed by atoms with Gasteiger partial charge in [-0.2, -0.15) is 5.10 Å². The van der Waals surface area contributed by atoms with Gasteiger partial charge in [-0.15, -0.1) is 6.58 Å². The Morgan fingerprint density at radius 3 is 2.82 bits per heavy atom. The zero-order chi connectivity index (χ0) is 12.5. The van der Waals surface area contributed by atoms with E-state index in [0.717, 1.165) is 24.7 Å². The van der Waals surface area contributed by atoms with Crippen molar-refractivity contribution in [1.82, 2.24) is 15.1 Å². The fraction of sp³-hybridized carbons (Fsp3) is 0.643. The van der Waals surface area contributed by atoms with Crippen LogP contribution in [0.15, 0.2) is 18.7 Å². The van der Waals surface area contributed by atoms with Gasteiger partial charge in [-0.25, -0.2) is 0 Å². The summed E-state index contributed by atoms with van der Waals surface area (Å²) >= 11 is 0. The van der Waals surface area contributed by atoms with E-state index in [9.17, 15) is 0 Å². The van der Waals surface area contributed by atoms with E-state index in [2.05, 4.69) is 36.1 Å². The number of hydrogen-bond acceptors (Lipinski definition) is 2. The van der Waals surface area contributed by atoms with Gasteiger partial charge in [0.15, 0.2) is 0 Å². The molecule has 0 amide bonds. The first-order chi connectivity index (χ1) is 8.02. The number of nitrogens with zero attached hydrogens (tertiary/aromatic N) is 2. The highest BCUT2D eigenvalue weighted by Gasteiger charge is 2.27. The Hall–Kier alpha value is -1.09. The van der Waals surface area contributed by atoms with E-state index in [-0.39, 0.29) is 5.41 Å². The van der Waals surface area contributed by atoms with E-state index in [1.54, 1.807) is 0 Å². The van der Waals surface area contributed by atoms with Crippen LogP contribution in [0.25, 0.3) is 0 Å². The quantitative estimate of drug-likeness (QED) is 0.764. The van der Waals surface area contributed by atoms with Gasteiger partial charge in [0.05, 0.1) is 5.69 Å². The lowest BCUT2D eigenvalue weighted by Crippen LogP contribution is -2.33. The highest BCUT2D eigenvalue weighted by molar-refractivity contribution is 5.13. The standard InChI is InChI=1S/C14H23N3/c1-5-14(3,10-15-12-6-7-12)9-13-8-11(2)16-17(13)4/h5,8,12,15H,1,6-7,9-10H2,2-4H3. The SMILES string of the molecule is C=CC(C)(CNC1CC1)Cc1cc(C)nn1C. The van der Waals surface area contributed by atoms with Gasteiger partial charge in [0.1, 0.15) is 0 Å². The molecule has 3 nitrogen and oxygen atoms in total. The van der Waals surface area contributed by atoms with Gasteiger partial charge in [0.2, 0.25) is 0 Å². The predicted octanol–water partition coefficient (Wildman–Crippen LogP) is 2.22. The Kier molecular flexibility index (Phi) is 3.38. The molecule has 1 aromatic rings. The van der Waals surface area contributed by atoms with Crippen LogP contribution in [-0.2, 0) is 13.5 Å². The summed E-state index contributed by atoms with van der Waals surface area (Å²) < 4.78 is 1.98. The Balaban J connectivity index is 2.01. The molecular weight excluding hydrogens is 210 g/mol. The lowest BCUT2D eigenvalue weighted by atomic mass is 9.85. The Morgan fingerprint density at radius 1 is 1.65 bits per heavy atom. The van der Waals surface area contributed by atoms with Gasteiger partial charge in [0, 0.05) is 30.7 Å². The second kappa shape index (κ2) is 4.65. The van der Waals surface area contributed by atoms with Gasteiger partial charge < -0.3 is 5.32 Å². The summed E-state index contributed by atoms with van der Waals surface area (Å²) in [5, 5.41) is 7.99. The zero-order valence-electron chi connectivity index (χ0n) is 11.2. The topological polar surface area (TPSA) is 29.9 Å². The van der Waals surface area contributed by atoms with Crippen LogP contribution < -0.4 is 5.32 Å². The van der Waals surface area contributed by atoms with Crippen molar-refractivity contribution in [2.45, 2.75) is 39.2 Å². The van der Waals surface area contributed by atoms with E-state index >= 15 is 0 Å². The van der Waals surface area contributed by atoms with Crippen molar-refractivity contribution in [3.63, 3.8) is 0 Å². The maximum atomic E-state index is 4.40. The maximum absolute atomic E-state index is 4.40. The first-order valence-corrected chi connectivity index (χ1v) is 6.39. The largest absolute Gasteiger partial charge is 0.313 e. The molecule has 0 radical (unpaired) electrons. The smallest absolute Gasteiger partial charge is 0.0596 e. The van der Waals surface area contributed by atoms with Crippen molar-refractivity contribution in [3.05, 3.63) is 30.1 Å². The molecule has 17 heavy (non-hydrogen) atoms. The fourth-order valence-corrected chi connectivity index (χ4v) is 2.12. The minimum atomic E-state index is 0.114. The van der Waals surface area contributed by atoms with Crippen LogP contribution in [0.2, 0.25) is 0 Å². The van der Waals surface area contributed by atoms with Crippen molar-refractivity contribution in [1.29, 1.82) is 0 Å². The zero-order valence-corrected chi connectivity index (χ0v) is 11.2. The molecule has 1 atom stereocenters. The molecule has 0 aliphatic heterocycles. The molecule has 1 heterocycles. The van der Waals surface area contributed by atoms with Crippen LogP contribution in [0.3, 0.4) is 0 Å².